The molecule has 0 aromatic rings. The Hall–Kier alpha value is 0.0249. The molecule has 0 bridgehead atoms. The molecule has 2 heteroatoms. The Morgan fingerprint density at radius 2 is 0.900 bits per heavy atom. The molecule has 0 radical (unpaired) electrons. The van der Waals surface area contributed by atoms with Gasteiger partial charge in [-0.1, -0.05) is 0 Å². The van der Waals surface area contributed by atoms with Crippen molar-refractivity contribution in [1.82, 2.24) is 0 Å². The summed E-state index contributed by atoms with van der Waals surface area (Å²) >= 11 is 0. The summed E-state index contributed by atoms with van der Waals surface area (Å²) in [5, 5.41) is 0. The Balaban J connectivity index is 0. The van der Waals surface area contributed by atoms with Gasteiger partial charge in [-0.15, -0.1) is 26.3 Å². The molecule has 0 N–H and O–H groups in total. The van der Waals surface area contributed by atoms with Gasteiger partial charge in [-0.3, -0.25) is 0 Å². The van der Waals surface area contributed by atoms with Crippen LogP contribution in [0.2, 0.25) is 0 Å². The maximum atomic E-state index is 3.66. The molecule has 0 nitrogen and oxygen atoms in total. The molecule has 0 unspecified atom stereocenters. The van der Waals surface area contributed by atoms with Crippen LogP contribution in [0.3, 0.4) is 0 Å². The van der Waals surface area contributed by atoms with Gasteiger partial charge in [0.2, 0.25) is 0 Å². The van der Waals surface area contributed by atoms with Crippen molar-refractivity contribution >= 4 is 6.15 Å². The van der Waals surface area contributed by atoms with Crippen molar-refractivity contribution in [1.29, 1.82) is 0 Å². The summed E-state index contributed by atoms with van der Waals surface area (Å²) in [5.41, 5.74) is 0. The van der Waals surface area contributed by atoms with E-state index in [1.165, 1.54) is 0 Å². The first-order chi connectivity index (χ1) is 4.24. The standard InChI is InChI=1S/C8H12B.Na/c1-5-9(6-2,7-3)8-4;/h5-8H,1-4H2;/q-1;+1. The molecule has 0 aromatic carbocycles. The number of hydrogen-bond acceptors (Lipinski definition) is 0. The molecule has 0 spiro atoms. The van der Waals surface area contributed by atoms with E-state index in [1.807, 2.05) is 23.9 Å². The molecule has 0 aliphatic rings. The fourth-order valence-corrected chi connectivity index (χ4v) is 0.577. The third-order valence-electron chi connectivity index (χ3n) is 1.63. The minimum atomic E-state index is -0.889. The third kappa shape index (κ3) is 2.74. The summed E-state index contributed by atoms with van der Waals surface area (Å²) in [6.07, 6.45) is -0.889. The number of hydrogen-bond donors (Lipinski definition) is 0. The molecule has 0 atom stereocenters. The van der Waals surface area contributed by atoms with Crippen LogP contribution in [0.4, 0.5) is 0 Å². The quantitative estimate of drug-likeness (QED) is 0.457. The summed E-state index contributed by atoms with van der Waals surface area (Å²) < 4.78 is 0. The summed E-state index contributed by atoms with van der Waals surface area (Å²) in [6, 6.07) is 0. The molecule has 0 aliphatic heterocycles. The topological polar surface area (TPSA) is 0 Å². The van der Waals surface area contributed by atoms with Gasteiger partial charge in [0.1, 0.15) is 0 Å². The molecule has 0 fully saturated rings. The summed E-state index contributed by atoms with van der Waals surface area (Å²) in [4.78, 5) is 0. The van der Waals surface area contributed by atoms with Crippen LogP contribution >= 0.6 is 0 Å². The van der Waals surface area contributed by atoms with Crippen LogP contribution in [0.1, 0.15) is 0 Å². The van der Waals surface area contributed by atoms with E-state index < -0.39 is 6.15 Å². The van der Waals surface area contributed by atoms with Gasteiger partial charge in [0.25, 0.3) is 0 Å². The summed E-state index contributed by atoms with van der Waals surface area (Å²) in [5.74, 6) is 7.25. The summed E-state index contributed by atoms with van der Waals surface area (Å²) in [6.45, 7) is 14.6. The second-order valence-corrected chi connectivity index (χ2v) is 2.10. The monoisotopic (exact) mass is 142 g/mol. The van der Waals surface area contributed by atoms with Crippen molar-refractivity contribution in [3.8, 4) is 0 Å². The van der Waals surface area contributed by atoms with E-state index in [0.29, 0.717) is 0 Å². The average molecular weight is 142 g/mol. The second-order valence-electron chi connectivity index (χ2n) is 2.10. The van der Waals surface area contributed by atoms with Crippen molar-refractivity contribution in [3.05, 3.63) is 50.2 Å². The molecule has 0 aromatic heterocycles. The molecular formula is C8H12BNa. The van der Waals surface area contributed by atoms with Gasteiger partial charge in [-0.2, -0.15) is 0 Å². The van der Waals surface area contributed by atoms with Crippen LogP contribution in [0.15, 0.2) is 50.2 Å². The van der Waals surface area contributed by atoms with E-state index in [2.05, 4.69) is 26.3 Å². The maximum Gasteiger partial charge on any atom is 1.00 e. The summed E-state index contributed by atoms with van der Waals surface area (Å²) in [7, 11) is 0. The molecule has 0 heterocycles. The minimum Gasteiger partial charge on any atom is -0.240 e. The molecule has 0 saturated carbocycles. The fourth-order valence-electron chi connectivity index (χ4n) is 0.577. The Bertz CT molecular complexity index is 112. The van der Waals surface area contributed by atoms with Gasteiger partial charge in [-0.25, -0.2) is 23.9 Å². The Morgan fingerprint density at radius 3 is 0.900 bits per heavy atom. The first kappa shape index (κ1) is 12.7. The van der Waals surface area contributed by atoms with E-state index in [9.17, 15) is 0 Å². The first-order valence-corrected chi connectivity index (χ1v) is 2.97. The predicted molar refractivity (Wildman–Crippen MR) is 46.5 cm³/mol. The van der Waals surface area contributed by atoms with Gasteiger partial charge >= 0.3 is 29.6 Å². The molecular weight excluding hydrogens is 130 g/mol. The van der Waals surface area contributed by atoms with Crippen molar-refractivity contribution in [2.24, 2.45) is 0 Å². The number of rotatable bonds is 4. The Morgan fingerprint density at radius 1 is 0.700 bits per heavy atom. The predicted octanol–water partition coefficient (Wildman–Crippen LogP) is -0.660. The Kier molecular flexibility index (Phi) is 7.33. The van der Waals surface area contributed by atoms with Crippen LogP contribution < -0.4 is 29.6 Å². The van der Waals surface area contributed by atoms with Crippen LogP contribution in [0, 0.1) is 0 Å². The SMILES string of the molecule is C=C[B-](C=C)(C=C)C=C.[Na+]. The van der Waals surface area contributed by atoms with E-state index in [-0.39, 0.29) is 29.6 Å². The van der Waals surface area contributed by atoms with Crippen LogP contribution in [0.5, 0.6) is 0 Å². The zero-order chi connectivity index (χ0) is 7.33. The average Bonchev–Trinajstić information content (AvgIpc) is 1.95. The molecule has 0 saturated heterocycles. The Labute approximate surface area is 85.6 Å². The van der Waals surface area contributed by atoms with Crippen LogP contribution in [-0.2, 0) is 0 Å². The van der Waals surface area contributed by atoms with Crippen molar-refractivity contribution in [2.75, 3.05) is 0 Å². The van der Waals surface area contributed by atoms with E-state index in [0.717, 1.165) is 0 Å². The molecule has 10 heavy (non-hydrogen) atoms. The molecule has 0 rings (SSSR count). The van der Waals surface area contributed by atoms with E-state index in [1.54, 1.807) is 0 Å². The van der Waals surface area contributed by atoms with Crippen molar-refractivity contribution < 1.29 is 29.6 Å². The molecule has 48 valence electrons. The maximum absolute atomic E-state index is 3.66. The van der Waals surface area contributed by atoms with Crippen LogP contribution in [0.25, 0.3) is 0 Å². The van der Waals surface area contributed by atoms with Crippen molar-refractivity contribution in [2.45, 2.75) is 0 Å². The third-order valence-corrected chi connectivity index (χ3v) is 1.63. The molecule has 0 amide bonds. The zero-order valence-electron chi connectivity index (χ0n) is 6.72. The normalized spacial score (nSPS) is 8.80. The largest absolute Gasteiger partial charge is 1.00 e. The van der Waals surface area contributed by atoms with Gasteiger partial charge in [0, 0.05) is 0 Å². The van der Waals surface area contributed by atoms with Crippen LogP contribution in [-0.4, -0.2) is 6.15 Å². The zero-order valence-corrected chi connectivity index (χ0v) is 8.72. The first-order valence-electron chi connectivity index (χ1n) is 2.97. The van der Waals surface area contributed by atoms with Gasteiger partial charge in [0.05, 0.1) is 6.15 Å². The van der Waals surface area contributed by atoms with Gasteiger partial charge in [-0.05, 0) is 0 Å². The minimum absolute atomic E-state index is 0. The second kappa shape index (κ2) is 5.78. The molecule has 0 aliphatic carbocycles. The van der Waals surface area contributed by atoms with E-state index >= 15 is 0 Å². The van der Waals surface area contributed by atoms with Crippen molar-refractivity contribution in [3.63, 3.8) is 0 Å². The van der Waals surface area contributed by atoms with E-state index in [4.69, 9.17) is 0 Å². The van der Waals surface area contributed by atoms with Gasteiger partial charge in [0.15, 0.2) is 0 Å². The smallest absolute Gasteiger partial charge is 0.240 e. The fraction of sp³-hybridized carbons (Fsp3) is 0. The van der Waals surface area contributed by atoms with Gasteiger partial charge < -0.3 is 0 Å².